The van der Waals surface area contributed by atoms with Crippen LogP contribution in [0.15, 0.2) is 78.3 Å². The summed E-state index contributed by atoms with van der Waals surface area (Å²) in [4.78, 5) is 34.8. The number of nitrogens with one attached hydrogen (secondary N) is 3. The fraction of sp³-hybridized carbons (Fsp3) is 0.214. The maximum Gasteiger partial charge on any atom is 0.407 e. The highest BCUT2D eigenvalue weighted by atomic mass is 32.2. The zero-order valence-electron chi connectivity index (χ0n) is 22.3. The van der Waals surface area contributed by atoms with E-state index in [1.807, 2.05) is 59.5 Å². The maximum absolute atomic E-state index is 13.6. The van der Waals surface area contributed by atoms with Gasteiger partial charge < -0.3 is 15.4 Å². The molecular formula is C28H29N5O6S2. The lowest BCUT2D eigenvalue weighted by Gasteiger charge is -2.23. The Kier molecular flexibility index (Phi) is 9.65. The average Bonchev–Trinajstić information content (AvgIpc) is 3.44. The van der Waals surface area contributed by atoms with Crippen molar-refractivity contribution in [3.05, 3.63) is 101 Å². The molecule has 214 valence electrons. The number of pyridine rings is 1. The zero-order chi connectivity index (χ0) is 29.4. The Labute approximate surface area is 241 Å². The first-order valence-corrected chi connectivity index (χ1v) is 14.8. The number of carbonyl (C=O) groups excluding carboxylic acids is 2. The monoisotopic (exact) mass is 595 g/mol. The SMILES string of the molecule is COC(=O)N[C@@H](Cc1ccccc1)C(=O)NC(Cc1ccc(NS(=O)(=O)O)cc1)c1csc(-c2ccc(C)nc2)n1. The number of anilines is 1. The van der Waals surface area contributed by atoms with Crippen LogP contribution < -0.4 is 15.4 Å². The first kappa shape index (κ1) is 29.6. The molecule has 2 amide bonds. The van der Waals surface area contributed by atoms with Gasteiger partial charge in [0.1, 0.15) is 11.0 Å². The van der Waals surface area contributed by atoms with Gasteiger partial charge in [0.05, 0.1) is 24.5 Å². The van der Waals surface area contributed by atoms with Crippen LogP contribution in [0.2, 0.25) is 0 Å². The largest absolute Gasteiger partial charge is 0.453 e. The number of carbonyl (C=O) groups is 2. The van der Waals surface area contributed by atoms with Crippen molar-refractivity contribution in [1.29, 1.82) is 0 Å². The van der Waals surface area contributed by atoms with Crippen LogP contribution in [0.1, 0.15) is 28.6 Å². The molecule has 2 atom stereocenters. The minimum atomic E-state index is -4.41. The molecule has 0 bridgehead atoms. The third-order valence-corrected chi connectivity index (χ3v) is 7.47. The molecule has 0 aliphatic carbocycles. The lowest BCUT2D eigenvalue weighted by Crippen LogP contribution is -2.49. The Morgan fingerprint density at radius 2 is 1.68 bits per heavy atom. The van der Waals surface area contributed by atoms with Crippen molar-refractivity contribution < 1.29 is 27.3 Å². The van der Waals surface area contributed by atoms with Gasteiger partial charge in [0.15, 0.2) is 0 Å². The van der Waals surface area contributed by atoms with Crippen molar-refractivity contribution in [2.24, 2.45) is 0 Å². The van der Waals surface area contributed by atoms with Gasteiger partial charge in [0.25, 0.3) is 0 Å². The second-order valence-electron chi connectivity index (χ2n) is 9.18. The van der Waals surface area contributed by atoms with Crippen LogP contribution >= 0.6 is 11.3 Å². The number of amides is 2. The van der Waals surface area contributed by atoms with E-state index in [4.69, 9.17) is 14.3 Å². The molecule has 0 fully saturated rings. The predicted molar refractivity (Wildman–Crippen MR) is 156 cm³/mol. The number of hydrogen-bond acceptors (Lipinski definition) is 8. The molecule has 4 rings (SSSR count). The van der Waals surface area contributed by atoms with E-state index in [0.717, 1.165) is 27.4 Å². The van der Waals surface area contributed by atoms with E-state index in [2.05, 4.69) is 15.6 Å². The molecule has 0 radical (unpaired) electrons. The lowest BCUT2D eigenvalue weighted by molar-refractivity contribution is -0.123. The number of aryl methyl sites for hydroxylation is 1. The smallest absolute Gasteiger partial charge is 0.407 e. The van der Waals surface area contributed by atoms with Crippen LogP contribution in [0.5, 0.6) is 0 Å². The topological polar surface area (TPSA) is 160 Å². The molecule has 2 aromatic carbocycles. The van der Waals surface area contributed by atoms with Crippen molar-refractivity contribution in [2.45, 2.75) is 31.8 Å². The van der Waals surface area contributed by atoms with Gasteiger partial charge in [-0.1, -0.05) is 42.5 Å². The summed E-state index contributed by atoms with van der Waals surface area (Å²) in [5.41, 5.74) is 4.13. The number of alkyl carbamates (subject to hydrolysis) is 1. The summed E-state index contributed by atoms with van der Waals surface area (Å²) < 4.78 is 38.1. The molecule has 2 heterocycles. The Morgan fingerprint density at radius 1 is 0.976 bits per heavy atom. The van der Waals surface area contributed by atoms with E-state index in [1.165, 1.54) is 30.6 Å². The van der Waals surface area contributed by atoms with Gasteiger partial charge in [-0.3, -0.25) is 19.1 Å². The van der Waals surface area contributed by atoms with Gasteiger partial charge in [0.2, 0.25) is 5.91 Å². The van der Waals surface area contributed by atoms with Crippen molar-refractivity contribution in [3.63, 3.8) is 0 Å². The first-order chi connectivity index (χ1) is 19.6. The van der Waals surface area contributed by atoms with Crippen LogP contribution in [-0.2, 0) is 32.7 Å². The Morgan fingerprint density at radius 3 is 2.32 bits per heavy atom. The van der Waals surface area contributed by atoms with Crippen LogP contribution in [-0.4, -0.2) is 48.1 Å². The predicted octanol–water partition coefficient (Wildman–Crippen LogP) is 4.10. The summed E-state index contributed by atoms with van der Waals surface area (Å²) in [5.74, 6) is -0.430. The van der Waals surface area contributed by atoms with Gasteiger partial charge in [-0.05, 0) is 48.7 Å². The van der Waals surface area contributed by atoms with E-state index in [-0.39, 0.29) is 12.1 Å². The zero-order valence-corrected chi connectivity index (χ0v) is 23.9. The number of aromatic nitrogens is 2. The number of benzene rings is 2. The van der Waals surface area contributed by atoms with E-state index < -0.39 is 34.4 Å². The quantitative estimate of drug-likeness (QED) is 0.189. The van der Waals surface area contributed by atoms with Crippen molar-refractivity contribution in [3.8, 4) is 10.6 Å². The fourth-order valence-corrected chi connectivity index (χ4v) is 5.33. The number of ether oxygens (including phenoxy) is 1. The van der Waals surface area contributed by atoms with Gasteiger partial charge in [-0.25, -0.2) is 9.78 Å². The molecule has 0 aliphatic heterocycles. The highest BCUT2D eigenvalue weighted by Crippen LogP contribution is 2.28. The third kappa shape index (κ3) is 8.83. The maximum atomic E-state index is 13.6. The molecule has 0 saturated heterocycles. The highest BCUT2D eigenvalue weighted by Gasteiger charge is 2.26. The lowest BCUT2D eigenvalue weighted by atomic mass is 10.0. The molecule has 1 unspecified atom stereocenters. The molecule has 2 aromatic heterocycles. The Hall–Kier alpha value is -4.33. The summed E-state index contributed by atoms with van der Waals surface area (Å²) in [6, 6.07) is 18.0. The Bertz CT molecular complexity index is 1580. The van der Waals surface area contributed by atoms with E-state index >= 15 is 0 Å². The van der Waals surface area contributed by atoms with Gasteiger partial charge in [-0.15, -0.1) is 11.3 Å². The normalized spacial score (nSPS) is 12.7. The number of rotatable bonds is 11. The number of hydrogen-bond donors (Lipinski definition) is 4. The number of nitrogens with zero attached hydrogens (tertiary/aromatic N) is 2. The van der Waals surface area contributed by atoms with E-state index in [1.54, 1.807) is 18.3 Å². The van der Waals surface area contributed by atoms with Gasteiger partial charge in [0, 0.05) is 29.3 Å². The van der Waals surface area contributed by atoms with Crippen LogP contribution in [0.25, 0.3) is 10.6 Å². The van der Waals surface area contributed by atoms with Crippen LogP contribution in [0.4, 0.5) is 10.5 Å². The van der Waals surface area contributed by atoms with Crippen LogP contribution in [0.3, 0.4) is 0 Å². The average molecular weight is 596 g/mol. The van der Waals surface area contributed by atoms with Crippen LogP contribution in [0, 0.1) is 6.92 Å². The standard InChI is InChI=1S/C28H29N5O6S2/c1-18-8-11-21(16-29-18)27-31-25(17-40-27)23(14-20-9-12-22(13-10-20)33-41(36,37)38)30-26(34)24(32-28(35)39-2)15-19-6-4-3-5-7-19/h3-13,16-17,23-24,33H,14-15H2,1-2H3,(H,30,34)(H,32,35)(H,36,37,38)/t23?,24-/m0/s1. The highest BCUT2D eigenvalue weighted by molar-refractivity contribution is 7.87. The molecule has 0 saturated carbocycles. The van der Waals surface area contributed by atoms with Crippen molar-refractivity contribution >= 4 is 39.3 Å². The second kappa shape index (κ2) is 13.4. The fourth-order valence-electron chi connectivity index (χ4n) is 4.03. The molecule has 0 aliphatic rings. The first-order valence-electron chi connectivity index (χ1n) is 12.5. The summed E-state index contributed by atoms with van der Waals surface area (Å²) >= 11 is 1.41. The minimum absolute atomic E-state index is 0.185. The summed E-state index contributed by atoms with van der Waals surface area (Å²) in [7, 11) is -3.18. The number of methoxy groups -OCH3 is 1. The molecule has 4 N–H and O–H groups in total. The van der Waals surface area contributed by atoms with Gasteiger partial charge in [-0.2, -0.15) is 8.42 Å². The number of thiazole rings is 1. The molecule has 0 spiro atoms. The minimum Gasteiger partial charge on any atom is -0.453 e. The summed E-state index contributed by atoms with van der Waals surface area (Å²) in [5, 5.41) is 8.22. The second-order valence-corrected chi connectivity index (χ2v) is 11.2. The van der Waals surface area contributed by atoms with E-state index in [9.17, 15) is 18.0 Å². The van der Waals surface area contributed by atoms with Crippen molar-refractivity contribution in [2.75, 3.05) is 11.8 Å². The summed E-state index contributed by atoms with van der Waals surface area (Å²) in [6.07, 6.45) is 1.55. The van der Waals surface area contributed by atoms with E-state index in [0.29, 0.717) is 12.1 Å². The third-order valence-electron chi connectivity index (χ3n) is 6.07. The Balaban J connectivity index is 1.61. The van der Waals surface area contributed by atoms with Crippen molar-refractivity contribution in [1.82, 2.24) is 20.6 Å². The summed E-state index contributed by atoms with van der Waals surface area (Å²) in [6.45, 7) is 1.90. The molecule has 13 heteroatoms. The molecular weight excluding hydrogens is 566 g/mol. The molecule has 4 aromatic rings. The molecule has 11 nitrogen and oxygen atoms in total. The molecule has 41 heavy (non-hydrogen) atoms. The van der Waals surface area contributed by atoms with Gasteiger partial charge >= 0.3 is 16.4 Å².